The minimum atomic E-state index is -0.285. The van der Waals surface area contributed by atoms with Crippen molar-refractivity contribution in [3.63, 3.8) is 0 Å². The molecular formula is C22H22FN3O2S. The second-order valence-corrected chi connectivity index (χ2v) is 8.17. The number of halogens is 1. The quantitative estimate of drug-likeness (QED) is 0.679. The van der Waals surface area contributed by atoms with Gasteiger partial charge in [-0.2, -0.15) is 0 Å². The summed E-state index contributed by atoms with van der Waals surface area (Å²) in [7, 11) is 0. The van der Waals surface area contributed by atoms with Crippen molar-refractivity contribution in [2.75, 3.05) is 31.6 Å². The van der Waals surface area contributed by atoms with Crippen molar-refractivity contribution in [2.45, 2.75) is 13.5 Å². The molecule has 3 aromatic rings. The summed E-state index contributed by atoms with van der Waals surface area (Å²) in [6, 6.07) is 13.9. The highest BCUT2D eigenvalue weighted by Gasteiger charge is 2.14. The Morgan fingerprint density at radius 3 is 2.52 bits per heavy atom. The number of aromatic nitrogens is 1. The molecule has 1 fully saturated rings. The maximum Gasteiger partial charge on any atom is 0.257 e. The van der Waals surface area contributed by atoms with Crippen molar-refractivity contribution in [1.29, 1.82) is 0 Å². The number of amides is 1. The van der Waals surface area contributed by atoms with Crippen LogP contribution in [0.25, 0.3) is 11.3 Å². The van der Waals surface area contributed by atoms with E-state index >= 15 is 0 Å². The number of carbonyl (C=O) groups excluding carboxylic acids is 1. The van der Waals surface area contributed by atoms with Crippen molar-refractivity contribution >= 4 is 22.4 Å². The van der Waals surface area contributed by atoms with Crippen LogP contribution in [0.2, 0.25) is 0 Å². The molecule has 1 aliphatic heterocycles. The van der Waals surface area contributed by atoms with Gasteiger partial charge in [-0.3, -0.25) is 15.0 Å². The first-order valence-corrected chi connectivity index (χ1v) is 10.3. The lowest BCUT2D eigenvalue weighted by atomic mass is 10.1. The number of hydrogen-bond donors (Lipinski definition) is 1. The smallest absolute Gasteiger partial charge is 0.257 e. The Morgan fingerprint density at radius 2 is 1.83 bits per heavy atom. The van der Waals surface area contributed by atoms with E-state index in [0.717, 1.165) is 49.0 Å². The first kappa shape index (κ1) is 19.7. The van der Waals surface area contributed by atoms with Crippen LogP contribution in [0, 0.1) is 12.7 Å². The molecule has 0 radical (unpaired) electrons. The van der Waals surface area contributed by atoms with E-state index < -0.39 is 0 Å². The molecule has 29 heavy (non-hydrogen) atoms. The van der Waals surface area contributed by atoms with E-state index in [4.69, 9.17) is 4.74 Å². The number of nitrogens with zero attached hydrogens (tertiary/aromatic N) is 2. The van der Waals surface area contributed by atoms with Crippen LogP contribution in [0.4, 0.5) is 9.52 Å². The van der Waals surface area contributed by atoms with Crippen LogP contribution in [-0.2, 0) is 11.3 Å². The van der Waals surface area contributed by atoms with Crippen LogP contribution in [0.3, 0.4) is 0 Å². The summed E-state index contributed by atoms with van der Waals surface area (Å²) in [5, 5.41) is 3.40. The predicted octanol–water partition coefficient (Wildman–Crippen LogP) is 4.34. The van der Waals surface area contributed by atoms with Gasteiger partial charge in [0.05, 0.1) is 18.9 Å². The molecule has 1 aromatic heterocycles. The highest BCUT2D eigenvalue weighted by Crippen LogP contribution is 2.30. The van der Waals surface area contributed by atoms with Crippen LogP contribution in [-0.4, -0.2) is 42.1 Å². The molecule has 0 saturated carbocycles. The predicted molar refractivity (Wildman–Crippen MR) is 113 cm³/mol. The van der Waals surface area contributed by atoms with E-state index in [2.05, 4.69) is 15.2 Å². The molecule has 1 aliphatic rings. The zero-order valence-corrected chi connectivity index (χ0v) is 17.0. The second kappa shape index (κ2) is 8.82. The fourth-order valence-electron chi connectivity index (χ4n) is 3.27. The Kier molecular flexibility index (Phi) is 5.99. The molecule has 4 rings (SSSR count). The molecule has 2 aromatic carbocycles. The van der Waals surface area contributed by atoms with Crippen molar-refractivity contribution < 1.29 is 13.9 Å². The molecule has 1 amide bonds. The van der Waals surface area contributed by atoms with Crippen molar-refractivity contribution in [3.05, 3.63) is 70.4 Å². The third-order valence-corrected chi connectivity index (χ3v) is 5.75. The first-order chi connectivity index (χ1) is 14.1. The topological polar surface area (TPSA) is 54.5 Å². The van der Waals surface area contributed by atoms with Crippen LogP contribution >= 0.6 is 11.3 Å². The summed E-state index contributed by atoms with van der Waals surface area (Å²) in [6.07, 6.45) is 0. The Bertz CT molecular complexity index is 980. The summed E-state index contributed by atoms with van der Waals surface area (Å²) < 4.78 is 18.5. The molecule has 5 nitrogen and oxygen atoms in total. The molecule has 0 atom stereocenters. The van der Waals surface area contributed by atoms with Gasteiger partial charge in [-0.05, 0) is 48.9 Å². The molecule has 2 heterocycles. The Balaban J connectivity index is 1.41. The summed E-state index contributed by atoms with van der Waals surface area (Å²) in [4.78, 5) is 20.4. The molecule has 0 unspecified atom stereocenters. The highest BCUT2D eigenvalue weighted by atomic mass is 32.1. The van der Waals surface area contributed by atoms with Gasteiger partial charge in [-0.15, -0.1) is 11.3 Å². The van der Waals surface area contributed by atoms with Gasteiger partial charge in [0, 0.05) is 35.6 Å². The molecule has 7 heteroatoms. The maximum absolute atomic E-state index is 13.1. The van der Waals surface area contributed by atoms with E-state index in [1.807, 2.05) is 31.2 Å². The standard InChI is InChI=1S/C22H22FN3O2S/c1-15-20(17-6-8-19(23)9-7-17)24-22(29-15)25-21(27)18-4-2-16(3-5-18)14-26-10-12-28-13-11-26/h2-9H,10-14H2,1H3,(H,24,25,27). The number of nitrogens with one attached hydrogen (secondary N) is 1. The van der Waals surface area contributed by atoms with Gasteiger partial charge < -0.3 is 4.74 Å². The van der Waals surface area contributed by atoms with Crippen LogP contribution < -0.4 is 5.32 Å². The molecule has 0 bridgehead atoms. The van der Waals surface area contributed by atoms with Crippen LogP contribution in [0.1, 0.15) is 20.8 Å². The Morgan fingerprint density at radius 1 is 1.14 bits per heavy atom. The van der Waals surface area contributed by atoms with E-state index in [9.17, 15) is 9.18 Å². The van der Waals surface area contributed by atoms with Crippen LogP contribution in [0.15, 0.2) is 48.5 Å². The number of thiazole rings is 1. The third kappa shape index (κ3) is 4.87. The number of ether oxygens (including phenoxy) is 1. The fraction of sp³-hybridized carbons (Fsp3) is 0.273. The normalized spacial score (nSPS) is 14.7. The summed E-state index contributed by atoms with van der Waals surface area (Å²) in [5.74, 6) is -0.477. The van der Waals surface area contributed by atoms with Gasteiger partial charge in [0.25, 0.3) is 5.91 Å². The first-order valence-electron chi connectivity index (χ1n) is 9.52. The zero-order valence-electron chi connectivity index (χ0n) is 16.2. The molecule has 0 aliphatic carbocycles. The van der Waals surface area contributed by atoms with E-state index in [-0.39, 0.29) is 11.7 Å². The van der Waals surface area contributed by atoms with Crippen LogP contribution in [0.5, 0.6) is 0 Å². The number of rotatable bonds is 5. The van der Waals surface area contributed by atoms with E-state index in [1.165, 1.54) is 29.0 Å². The van der Waals surface area contributed by atoms with E-state index in [0.29, 0.717) is 10.7 Å². The average Bonchev–Trinajstić information content (AvgIpc) is 3.10. The molecular weight excluding hydrogens is 389 g/mol. The lowest BCUT2D eigenvalue weighted by Gasteiger charge is -2.26. The van der Waals surface area contributed by atoms with E-state index in [1.54, 1.807) is 12.1 Å². The monoisotopic (exact) mass is 411 g/mol. The Hall–Kier alpha value is -2.61. The van der Waals surface area contributed by atoms with Gasteiger partial charge >= 0.3 is 0 Å². The molecule has 1 saturated heterocycles. The van der Waals surface area contributed by atoms with Crippen molar-refractivity contribution in [2.24, 2.45) is 0 Å². The number of aryl methyl sites for hydroxylation is 1. The number of benzene rings is 2. The number of hydrogen-bond acceptors (Lipinski definition) is 5. The lowest BCUT2D eigenvalue weighted by molar-refractivity contribution is 0.0342. The Labute approximate surface area is 173 Å². The maximum atomic E-state index is 13.1. The molecule has 1 N–H and O–H groups in total. The molecule has 150 valence electrons. The summed E-state index contributed by atoms with van der Waals surface area (Å²) >= 11 is 1.41. The highest BCUT2D eigenvalue weighted by molar-refractivity contribution is 7.16. The van der Waals surface area contributed by atoms with Gasteiger partial charge in [-0.25, -0.2) is 9.37 Å². The summed E-state index contributed by atoms with van der Waals surface area (Å²) in [5.41, 5.74) is 3.35. The number of morpholine rings is 1. The third-order valence-electron chi connectivity index (χ3n) is 4.86. The number of anilines is 1. The van der Waals surface area contributed by atoms with Crippen molar-refractivity contribution in [3.8, 4) is 11.3 Å². The van der Waals surface area contributed by atoms with Gasteiger partial charge in [-0.1, -0.05) is 12.1 Å². The largest absolute Gasteiger partial charge is 0.379 e. The second-order valence-electron chi connectivity index (χ2n) is 6.97. The van der Waals surface area contributed by atoms with Gasteiger partial charge in [0.15, 0.2) is 5.13 Å². The minimum Gasteiger partial charge on any atom is -0.379 e. The van der Waals surface area contributed by atoms with Gasteiger partial charge in [0.1, 0.15) is 5.82 Å². The minimum absolute atomic E-state index is 0.192. The number of carbonyl (C=O) groups is 1. The average molecular weight is 412 g/mol. The summed E-state index contributed by atoms with van der Waals surface area (Å²) in [6.45, 7) is 6.20. The SMILES string of the molecule is Cc1sc(NC(=O)c2ccc(CN3CCOCC3)cc2)nc1-c1ccc(F)cc1. The van der Waals surface area contributed by atoms with Crippen molar-refractivity contribution in [1.82, 2.24) is 9.88 Å². The van der Waals surface area contributed by atoms with Gasteiger partial charge in [0.2, 0.25) is 0 Å². The zero-order chi connectivity index (χ0) is 20.2. The fourth-order valence-corrected chi connectivity index (χ4v) is 4.10. The lowest BCUT2D eigenvalue weighted by Crippen LogP contribution is -2.35. The molecule has 0 spiro atoms.